The summed E-state index contributed by atoms with van der Waals surface area (Å²) < 4.78 is 18.5. The number of non-ortho nitro benzene ring substituents is 1. The molecule has 17 heavy (non-hydrogen) atoms. The molecule has 1 N–H and O–H groups in total. The molecule has 0 radical (unpaired) electrons. The second-order valence-corrected chi connectivity index (χ2v) is 3.40. The third kappa shape index (κ3) is 4.36. The molecule has 0 fully saturated rings. The molecule has 0 amide bonds. The normalized spacial score (nSPS) is 10.2. The summed E-state index contributed by atoms with van der Waals surface area (Å²) in [5, 5.41) is 13.3. The van der Waals surface area contributed by atoms with Crippen molar-refractivity contribution < 1.29 is 14.1 Å². The predicted octanol–water partition coefficient (Wildman–Crippen LogP) is 2.57. The van der Waals surface area contributed by atoms with Crippen LogP contribution in [0.2, 0.25) is 0 Å². The lowest BCUT2D eigenvalue weighted by Gasteiger charge is -2.07. The van der Waals surface area contributed by atoms with Crippen molar-refractivity contribution in [2.45, 2.75) is 13.3 Å². The molecule has 0 aromatic heterocycles. The van der Waals surface area contributed by atoms with Crippen LogP contribution < -0.4 is 5.32 Å². The van der Waals surface area contributed by atoms with Crippen molar-refractivity contribution in [3.8, 4) is 0 Å². The van der Waals surface area contributed by atoms with E-state index in [4.69, 9.17) is 4.74 Å². The van der Waals surface area contributed by atoms with Gasteiger partial charge in [0.1, 0.15) is 0 Å². The Labute approximate surface area is 98.7 Å². The van der Waals surface area contributed by atoms with Crippen molar-refractivity contribution in [2.75, 3.05) is 25.1 Å². The second-order valence-electron chi connectivity index (χ2n) is 3.40. The Morgan fingerprint density at radius 2 is 2.29 bits per heavy atom. The quantitative estimate of drug-likeness (QED) is 0.453. The van der Waals surface area contributed by atoms with Gasteiger partial charge in [0.25, 0.3) is 5.69 Å². The number of benzene rings is 1. The minimum Gasteiger partial charge on any atom is -0.383 e. The maximum Gasteiger partial charge on any atom is 0.272 e. The molecule has 6 heteroatoms. The molecule has 0 aliphatic heterocycles. The summed E-state index contributed by atoms with van der Waals surface area (Å²) in [6, 6.07) is 3.55. The molecule has 1 aromatic carbocycles. The average Bonchev–Trinajstić information content (AvgIpc) is 2.30. The highest BCUT2D eigenvalue weighted by Gasteiger charge is 2.09. The first-order valence-corrected chi connectivity index (χ1v) is 5.40. The van der Waals surface area contributed by atoms with Gasteiger partial charge in [0.15, 0.2) is 5.82 Å². The van der Waals surface area contributed by atoms with Gasteiger partial charge in [0, 0.05) is 25.8 Å². The summed E-state index contributed by atoms with van der Waals surface area (Å²) >= 11 is 0. The number of halogens is 1. The van der Waals surface area contributed by atoms with Gasteiger partial charge in [-0.3, -0.25) is 10.1 Å². The predicted molar refractivity (Wildman–Crippen MR) is 62.7 cm³/mol. The van der Waals surface area contributed by atoms with E-state index >= 15 is 0 Å². The number of anilines is 1. The molecule has 5 nitrogen and oxygen atoms in total. The zero-order chi connectivity index (χ0) is 12.7. The van der Waals surface area contributed by atoms with Crippen LogP contribution in [0.3, 0.4) is 0 Å². The fourth-order valence-electron chi connectivity index (χ4n) is 1.30. The molecule has 0 spiro atoms. The van der Waals surface area contributed by atoms with E-state index in [0.29, 0.717) is 19.8 Å². The summed E-state index contributed by atoms with van der Waals surface area (Å²) in [6.07, 6.45) is 0.754. The lowest BCUT2D eigenvalue weighted by molar-refractivity contribution is -0.385. The lowest BCUT2D eigenvalue weighted by Crippen LogP contribution is -2.07. The zero-order valence-corrected chi connectivity index (χ0v) is 9.61. The molecule has 0 aliphatic rings. The summed E-state index contributed by atoms with van der Waals surface area (Å²) in [5.41, 5.74) is 0.0227. The third-order valence-electron chi connectivity index (χ3n) is 2.15. The maximum atomic E-state index is 13.4. The van der Waals surface area contributed by atoms with Crippen LogP contribution in [-0.4, -0.2) is 24.7 Å². The van der Waals surface area contributed by atoms with Crippen LogP contribution in [-0.2, 0) is 4.74 Å². The van der Waals surface area contributed by atoms with E-state index < -0.39 is 10.7 Å². The highest BCUT2D eigenvalue weighted by molar-refractivity contribution is 5.49. The Morgan fingerprint density at radius 1 is 1.53 bits per heavy atom. The molecule has 0 bridgehead atoms. The smallest absolute Gasteiger partial charge is 0.272 e. The van der Waals surface area contributed by atoms with Crippen molar-refractivity contribution in [1.29, 1.82) is 0 Å². The fraction of sp³-hybridized carbons (Fsp3) is 0.455. The molecule has 94 valence electrons. The minimum atomic E-state index is -0.623. The number of hydrogen-bond acceptors (Lipinski definition) is 4. The van der Waals surface area contributed by atoms with Crippen LogP contribution in [0, 0.1) is 15.9 Å². The van der Waals surface area contributed by atoms with Crippen LogP contribution in [0.15, 0.2) is 18.2 Å². The monoisotopic (exact) mass is 242 g/mol. The number of nitro benzene ring substituents is 1. The lowest BCUT2D eigenvalue weighted by atomic mass is 10.2. The van der Waals surface area contributed by atoms with Gasteiger partial charge >= 0.3 is 0 Å². The topological polar surface area (TPSA) is 64.4 Å². The summed E-state index contributed by atoms with van der Waals surface area (Å²) in [6.45, 7) is 3.74. The van der Waals surface area contributed by atoms with Gasteiger partial charge in [0.2, 0.25) is 0 Å². The van der Waals surface area contributed by atoms with Crippen LogP contribution in [0.25, 0.3) is 0 Å². The fourth-order valence-corrected chi connectivity index (χ4v) is 1.30. The van der Waals surface area contributed by atoms with Crippen molar-refractivity contribution in [2.24, 2.45) is 0 Å². The maximum absolute atomic E-state index is 13.4. The molecule has 0 saturated carbocycles. The number of nitro groups is 1. The highest BCUT2D eigenvalue weighted by Crippen LogP contribution is 2.20. The van der Waals surface area contributed by atoms with Crippen molar-refractivity contribution in [1.82, 2.24) is 0 Å². The number of rotatable bonds is 7. The van der Waals surface area contributed by atoms with Crippen LogP contribution in [0.5, 0.6) is 0 Å². The first kappa shape index (κ1) is 13.4. The number of hydrogen-bond donors (Lipinski definition) is 1. The molecular formula is C11H15FN2O3. The van der Waals surface area contributed by atoms with E-state index in [2.05, 4.69) is 5.32 Å². The van der Waals surface area contributed by atoms with E-state index in [1.54, 1.807) is 0 Å². The van der Waals surface area contributed by atoms with Gasteiger partial charge in [-0.15, -0.1) is 0 Å². The Balaban J connectivity index is 2.46. The third-order valence-corrected chi connectivity index (χ3v) is 2.15. The number of nitrogens with zero attached hydrogens (tertiary/aromatic N) is 1. The van der Waals surface area contributed by atoms with Crippen LogP contribution in [0.4, 0.5) is 15.8 Å². The van der Waals surface area contributed by atoms with E-state index in [-0.39, 0.29) is 11.4 Å². The van der Waals surface area contributed by atoms with Gasteiger partial charge < -0.3 is 10.1 Å². The van der Waals surface area contributed by atoms with E-state index in [9.17, 15) is 14.5 Å². The summed E-state index contributed by atoms with van der Waals surface area (Å²) in [4.78, 5) is 9.78. The molecule has 0 saturated heterocycles. The Bertz CT molecular complexity index is 385. The van der Waals surface area contributed by atoms with E-state index in [1.165, 1.54) is 12.1 Å². The van der Waals surface area contributed by atoms with Crippen molar-refractivity contribution in [3.63, 3.8) is 0 Å². The molecule has 1 aromatic rings. The van der Waals surface area contributed by atoms with Crippen LogP contribution >= 0.6 is 0 Å². The zero-order valence-electron chi connectivity index (χ0n) is 9.61. The van der Waals surface area contributed by atoms with Crippen molar-refractivity contribution >= 4 is 11.4 Å². The molecular weight excluding hydrogens is 227 g/mol. The van der Waals surface area contributed by atoms with Crippen molar-refractivity contribution in [3.05, 3.63) is 34.1 Å². The second kappa shape index (κ2) is 6.80. The number of ether oxygens (including phenoxy) is 1. The first-order valence-electron chi connectivity index (χ1n) is 5.40. The van der Waals surface area contributed by atoms with E-state index in [0.717, 1.165) is 12.5 Å². The Morgan fingerprint density at radius 3 is 2.88 bits per heavy atom. The SMILES string of the molecule is CCOCCCNc1ccc([N+](=O)[O-])cc1F. The first-order chi connectivity index (χ1) is 8.15. The number of nitrogens with one attached hydrogen (secondary N) is 1. The van der Waals surface area contributed by atoms with E-state index in [1.807, 2.05) is 6.92 Å². The average molecular weight is 242 g/mol. The highest BCUT2D eigenvalue weighted by atomic mass is 19.1. The largest absolute Gasteiger partial charge is 0.383 e. The van der Waals surface area contributed by atoms with Crippen LogP contribution in [0.1, 0.15) is 13.3 Å². The molecule has 0 unspecified atom stereocenters. The minimum absolute atomic E-state index is 0.248. The Hall–Kier alpha value is -1.69. The standard InChI is InChI=1S/C11H15FN2O3/c1-2-17-7-3-6-13-11-5-4-9(14(15)16)8-10(11)12/h4-5,8,13H,2-3,6-7H2,1H3. The van der Waals surface area contributed by atoms with Gasteiger partial charge in [-0.1, -0.05) is 0 Å². The molecule has 0 heterocycles. The van der Waals surface area contributed by atoms with Gasteiger partial charge in [-0.25, -0.2) is 4.39 Å². The molecule has 0 atom stereocenters. The summed E-state index contributed by atoms with van der Waals surface area (Å²) in [7, 11) is 0. The van der Waals surface area contributed by atoms with Gasteiger partial charge in [0.05, 0.1) is 16.7 Å². The molecule has 1 rings (SSSR count). The Kier molecular flexibility index (Phi) is 5.35. The van der Waals surface area contributed by atoms with Gasteiger partial charge in [-0.05, 0) is 19.4 Å². The summed E-state index contributed by atoms with van der Waals surface area (Å²) in [5.74, 6) is -0.615. The van der Waals surface area contributed by atoms with Gasteiger partial charge in [-0.2, -0.15) is 0 Å². The molecule has 0 aliphatic carbocycles.